The Morgan fingerprint density at radius 3 is 2.48 bits per heavy atom. The maximum Gasteiger partial charge on any atom is 0.231 e. The van der Waals surface area contributed by atoms with Crippen molar-refractivity contribution in [3.8, 4) is 11.5 Å². The van der Waals surface area contributed by atoms with Crippen LogP contribution in [0.2, 0.25) is 0 Å². The van der Waals surface area contributed by atoms with E-state index in [-0.39, 0.29) is 18.7 Å². The molecule has 0 aromatic heterocycles. The van der Waals surface area contributed by atoms with Gasteiger partial charge in [-0.25, -0.2) is 0 Å². The summed E-state index contributed by atoms with van der Waals surface area (Å²) in [6, 6.07) is 15.2. The van der Waals surface area contributed by atoms with E-state index >= 15 is 0 Å². The molecule has 31 heavy (non-hydrogen) atoms. The molecule has 3 heterocycles. The first-order valence-corrected chi connectivity index (χ1v) is 11.7. The molecule has 3 aliphatic rings. The van der Waals surface area contributed by atoms with Gasteiger partial charge < -0.3 is 19.3 Å². The Kier molecular flexibility index (Phi) is 5.61. The zero-order valence-corrected chi connectivity index (χ0v) is 18.5. The van der Waals surface area contributed by atoms with Gasteiger partial charge in [0, 0.05) is 24.4 Å². The van der Waals surface area contributed by atoms with Crippen LogP contribution in [0, 0.1) is 0 Å². The Bertz CT molecular complexity index is 937. The zero-order valence-electron chi connectivity index (χ0n) is 18.5. The van der Waals surface area contributed by atoms with Crippen molar-refractivity contribution in [3.05, 3.63) is 53.6 Å². The minimum absolute atomic E-state index is 0.159. The number of ether oxygens (including phenoxy) is 2. The fourth-order valence-electron chi connectivity index (χ4n) is 5.58. The van der Waals surface area contributed by atoms with Crippen LogP contribution in [-0.2, 0) is 4.79 Å². The summed E-state index contributed by atoms with van der Waals surface area (Å²) in [7, 11) is 0. The predicted molar refractivity (Wildman–Crippen MR) is 122 cm³/mol. The Hall–Kier alpha value is -2.53. The number of piperidine rings is 1. The average Bonchev–Trinajstić information content (AvgIpc) is 3.37. The van der Waals surface area contributed by atoms with Crippen LogP contribution in [-0.4, -0.2) is 43.3 Å². The molecule has 2 aromatic rings. The van der Waals surface area contributed by atoms with Crippen LogP contribution in [0.4, 0.5) is 5.69 Å². The lowest BCUT2D eigenvalue weighted by atomic mass is 9.88. The second kappa shape index (κ2) is 8.54. The van der Waals surface area contributed by atoms with Gasteiger partial charge in [0.25, 0.3) is 0 Å². The van der Waals surface area contributed by atoms with Gasteiger partial charge in [0.05, 0.1) is 5.69 Å². The fraction of sp³-hybridized carbons (Fsp3) is 0.500. The van der Waals surface area contributed by atoms with Crippen LogP contribution in [0.15, 0.2) is 42.5 Å². The van der Waals surface area contributed by atoms with Crippen LogP contribution >= 0.6 is 0 Å². The molecule has 0 spiro atoms. The first-order valence-electron chi connectivity index (χ1n) is 11.7. The Morgan fingerprint density at radius 1 is 1.06 bits per heavy atom. The summed E-state index contributed by atoms with van der Waals surface area (Å²) >= 11 is 0. The number of hydrogen-bond donors (Lipinski definition) is 0. The number of rotatable bonds is 5. The molecule has 5 rings (SSSR count). The monoisotopic (exact) mass is 420 g/mol. The highest BCUT2D eigenvalue weighted by Crippen LogP contribution is 2.49. The summed E-state index contributed by atoms with van der Waals surface area (Å²) in [5.41, 5.74) is 3.72. The SMILES string of the molecule is CCC(=O)N1c2cc3c(cc2C(CCN2CCC(c4ccccc4)CC2)C1C)OCO3. The number of nitrogens with zero attached hydrogens (tertiary/aromatic N) is 2. The van der Waals surface area contributed by atoms with Gasteiger partial charge in [-0.1, -0.05) is 37.3 Å². The summed E-state index contributed by atoms with van der Waals surface area (Å²) in [6.07, 6.45) is 4.01. The highest BCUT2D eigenvalue weighted by molar-refractivity contribution is 5.97. The standard InChI is InChI=1S/C26H32N2O3/c1-3-26(29)28-18(2)21(22-15-24-25(16-23(22)28)31-17-30-24)11-14-27-12-9-20(10-13-27)19-7-5-4-6-8-19/h4-8,15-16,18,20-21H,3,9-14,17H2,1-2H3. The fourth-order valence-corrected chi connectivity index (χ4v) is 5.58. The van der Waals surface area contributed by atoms with Crippen molar-refractivity contribution in [2.24, 2.45) is 0 Å². The third-order valence-electron chi connectivity index (χ3n) is 7.36. The number of carbonyl (C=O) groups is 1. The Balaban J connectivity index is 1.27. The van der Waals surface area contributed by atoms with Crippen LogP contribution < -0.4 is 14.4 Å². The molecule has 1 fully saturated rings. The third-order valence-corrected chi connectivity index (χ3v) is 7.36. The summed E-state index contributed by atoms with van der Waals surface area (Å²) < 4.78 is 11.2. The number of fused-ring (bicyclic) bond motifs is 2. The molecule has 0 N–H and O–H groups in total. The van der Waals surface area contributed by atoms with E-state index in [1.54, 1.807) is 0 Å². The van der Waals surface area contributed by atoms with Gasteiger partial charge in [0.15, 0.2) is 11.5 Å². The molecule has 2 atom stereocenters. The average molecular weight is 421 g/mol. The van der Waals surface area contributed by atoms with Gasteiger partial charge in [0.2, 0.25) is 12.7 Å². The van der Waals surface area contributed by atoms with Crippen molar-refractivity contribution in [1.29, 1.82) is 0 Å². The second-order valence-corrected chi connectivity index (χ2v) is 9.04. The van der Waals surface area contributed by atoms with Gasteiger partial charge in [-0.3, -0.25) is 4.79 Å². The van der Waals surface area contributed by atoms with E-state index < -0.39 is 0 Å². The number of hydrogen-bond acceptors (Lipinski definition) is 4. The molecule has 164 valence electrons. The van der Waals surface area contributed by atoms with Gasteiger partial charge in [-0.05, 0) is 68.9 Å². The highest BCUT2D eigenvalue weighted by atomic mass is 16.7. The molecule has 0 aliphatic carbocycles. The number of amides is 1. The number of anilines is 1. The molecule has 2 aromatic carbocycles. The third kappa shape index (κ3) is 3.80. The van der Waals surface area contributed by atoms with E-state index in [0.29, 0.717) is 18.3 Å². The smallest absolute Gasteiger partial charge is 0.231 e. The first-order chi connectivity index (χ1) is 15.2. The lowest BCUT2D eigenvalue weighted by Crippen LogP contribution is -2.38. The molecule has 2 unspecified atom stereocenters. The van der Waals surface area contributed by atoms with Crippen molar-refractivity contribution in [2.45, 2.75) is 57.4 Å². The van der Waals surface area contributed by atoms with Crippen LogP contribution in [0.1, 0.15) is 62.5 Å². The summed E-state index contributed by atoms with van der Waals surface area (Å²) in [4.78, 5) is 17.3. The quantitative estimate of drug-likeness (QED) is 0.689. The highest BCUT2D eigenvalue weighted by Gasteiger charge is 2.40. The van der Waals surface area contributed by atoms with Crippen molar-refractivity contribution in [1.82, 2.24) is 4.90 Å². The summed E-state index contributed by atoms with van der Waals surface area (Å²) in [5.74, 6) is 2.75. The maximum atomic E-state index is 12.8. The van der Waals surface area contributed by atoms with Gasteiger partial charge in [-0.2, -0.15) is 0 Å². The molecule has 5 nitrogen and oxygen atoms in total. The maximum absolute atomic E-state index is 12.8. The molecule has 0 saturated carbocycles. The first kappa shape index (κ1) is 20.4. The normalized spacial score (nSPS) is 23.2. The van der Waals surface area contributed by atoms with E-state index in [9.17, 15) is 4.79 Å². The van der Waals surface area contributed by atoms with Crippen molar-refractivity contribution >= 4 is 11.6 Å². The van der Waals surface area contributed by atoms with Crippen LogP contribution in [0.25, 0.3) is 0 Å². The predicted octanol–water partition coefficient (Wildman–Crippen LogP) is 4.91. The van der Waals surface area contributed by atoms with Gasteiger partial charge in [-0.15, -0.1) is 0 Å². The van der Waals surface area contributed by atoms with E-state index in [0.717, 1.165) is 43.2 Å². The molecule has 5 heteroatoms. The lowest BCUT2D eigenvalue weighted by Gasteiger charge is -2.33. The summed E-state index contributed by atoms with van der Waals surface area (Å²) in [5, 5.41) is 0. The summed E-state index contributed by atoms with van der Waals surface area (Å²) in [6.45, 7) is 7.74. The zero-order chi connectivity index (χ0) is 21.4. The van der Waals surface area contributed by atoms with Crippen molar-refractivity contribution in [3.63, 3.8) is 0 Å². The van der Waals surface area contributed by atoms with E-state index in [4.69, 9.17) is 9.47 Å². The number of carbonyl (C=O) groups excluding carboxylic acids is 1. The largest absolute Gasteiger partial charge is 0.454 e. The van der Waals surface area contributed by atoms with Gasteiger partial charge >= 0.3 is 0 Å². The Labute approximate surface area is 184 Å². The Morgan fingerprint density at radius 2 is 1.77 bits per heavy atom. The second-order valence-electron chi connectivity index (χ2n) is 9.04. The van der Waals surface area contributed by atoms with E-state index in [1.807, 2.05) is 17.9 Å². The van der Waals surface area contributed by atoms with E-state index in [2.05, 4.69) is 48.2 Å². The lowest BCUT2D eigenvalue weighted by molar-refractivity contribution is -0.118. The number of likely N-dealkylation sites (tertiary alicyclic amines) is 1. The van der Waals surface area contributed by atoms with E-state index in [1.165, 1.54) is 24.0 Å². The minimum atomic E-state index is 0.159. The molecule has 1 amide bonds. The molecular formula is C26H32N2O3. The van der Waals surface area contributed by atoms with Crippen molar-refractivity contribution in [2.75, 3.05) is 31.3 Å². The van der Waals surface area contributed by atoms with Crippen LogP contribution in [0.3, 0.4) is 0 Å². The van der Waals surface area contributed by atoms with Crippen molar-refractivity contribution < 1.29 is 14.3 Å². The molecule has 1 saturated heterocycles. The van der Waals surface area contributed by atoms with Gasteiger partial charge in [0.1, 0.15) is 0 Å². The molecule has 3 aliphatic heterocycles. The molecular weight excluding hydrogens is 388 g/mol. The number of benzene rings is 2. The molecule has 0 bridgehead atoms. The van der Waals surface area contributed by atoms with Crippen LogP contribution in [0.5, 0.6) is 11.5 Å². The minimum Gasteiger partial charge on any atom is -0.454 e. The topological polar surface area (TPSA) is 42.0 Å². The molecule has 0 radical (unpaired) electrons.